The summed E-state index contributed by atoms with van der Waals surface area (Å²) in [6.45, 7) is 6.51. The van der Waals surface area contributed by atoms with Gasteiger partial charge in [-0.3, -0.25) is 9.36 Å². The number of imidazole rings is 1. The van der Waals surface area contributed by atoms with Crippen LogP contribution in [0.2, 0.25) is 0 Å². The van der Waals surface area contributed by atoms with Gasteiger partial charge in [-0.2, -0.15) is 0 Å². The van der Waals surface area contributed by atoms with Crippen molar-refractivity contribution >= 4 is 47.4 Å². The van der Waals surface area contributed by atoms with Crippen LogP contribution in [-0.2, 0) is 9.53 Å². The Labute approximate surface area is 188 Å². The Balaban J connectivity index is 0.00000160. The zero-order valence-corrected chi connectivity index (χ0v) is 18.8. The smallest absolute Gasteiger partial charge is 0.245 e. The Morgan fingerprint density at radius 1 is 1.23 bits per heavy atom. The molecule has 1 fully saturated rings. The molecule has 162 valence electrons. The van der Waals surface area contributed by atoms with Crippen molar-refractivity contribution < 1.29 is 9.53 Å². The lowest BCUT2D eigenvalue weighted by Gasteiger charge is -2.57. The summed E-state index contributed by atoms with van der Waals surface area (Å²) in [5.41, 5.74) is 7.53. The van der Waals surface area contributed by atoms with Gasteiger partial charge in [-0.15, -0.1) is 24.8 Å². The lowest BCUT2D eigenvalue weighted by molar-refractivity contribution is -0.166. The van der Waals surface area contributed by atoms with E-state index in [0.29, 0.717) is 18.7 Å². The summed E-state index contributed by atoms with van der Waals surface area (Å²) in [4.78, 5) is 21.7. The van der Waals surface area contributed by atoms with Crippen LogP contribution >= 0.6 is 24.8 Å². The highest BCUT2D eigenvalue weighted by molar-refractivity contribution is 5.99. The number of fused-ring (bicyclic) bond motifs is 1. The van der Waals surface area contributed by atoms with Gasteiger partial charge in [0.25, 0.3) is 0 Å². The quantitative estimate of drug-likeness (QED) is 0.615. The molecule has 30 heavy (non-hydrogen) atoms. The van der Waals surface area contributed by atoms with Gasteiger partial charge in [0, 0.05) is 18.4 Å². The van der Waals surface area contributed by atoms with Crippen molar-refractivity contribution in [2.75, 3.05) is 11.9 Å². The summed E-state index contributed by atoms with van der Waals surface area (Å²) in [6, 6.07) is 11.5. The lowest BCUT2D eigenvalue weighted by Crippen LogP contribution is -2.74. The number of amides is 1. The van der Waals surface area contributed by atoms with Crippen LogP contribution in [0.15, 0.2) is 48.9 Å². The molecule has 2 heterocycles. The molecule has 2 atom stereocenters. The zero-order valence-electron chi connectivity index (χ0n) is 17.2. The molecule has 4 rings (SSSR count). The van der Waals surface area contributed by atoms with Crippen molar-refractivity contribution in [1.29, 1.82) is 0 Å². The Bertz CT molecular complexity index is 1020. The number of hydrogen-bond donors (Lipinski definition) is 2. The van der Waals surface area contributed by atoms with Crippen molar-refractivity contribution in [1.82, 2.24) is 14.5 Å². The molecular weight excluding hydrogens is 425 g/mol. The second-order valence-corrected chi connectivity index (χ2v) is 7.80. The van der Waals surface area contributed by atoms with Crippen molar-refractivity contribution in [2.45, 2.75) is 38.8 Å². The number of anilines is 1. The van der Waals surface area contributed by atoms with E-state index in [1.165, 1.54) is 0 Å². The molecule has 0 aliphatic heterocycles. The number of ether oxygens (including phenoxy) is 1. The minimum absolute atomic E-state index is 0. The first-order valence-electron chi connectivity index (χ1n) is 9.47. The van der Waals surface area contributed by atoms with Gasteiger partial charge in [0.05, 0.1) is 29.0 Å². The van der Waals surface area contributed by atoms with E-state index in [1.54, 1.807) is 12.5 Å². The number of halogens is 2. The molecule has 2 aromatic heterocycles. The third kappa shape index (κ3) is 3.78. The van der Waals surface area contributed by atoms with E-state index < -0.39 is 11.0 Å². The van der Waals surface area contributed by atoms with Crippen LogP contribution in [0.5, 0.6) is 0 Å². The number of hydrogen-bond acceptors (Lipinski definition) is 5. The molecule has 0 radical (unpaired) electrons. The standard InChI is InChI=1S/C21H25N5O2.2ClH/c1-4-28-17-11-21(22,20(17,2)3)19(27)25-14-9-10-18(23-12-14)26-13-24-15-7-5-6-8-16(15)26;;/h5-10,12-13,17H,4,11,22H2,1-3H3,(H,25,27);2*1H. The molecular formula is C21H27Cl2N5O2. The maximum absolute atomic E-state index is 12.8. The Kier molecular flexibility index (Phi) is 7.14. The number of aromatic nitrogens is 3. The minimum atomic E-state index is -0.966. The van der Waals surface area contributed by atoms with Gasteiger partial charge in [-0.1, -0.05) is 26.0 Å². The average Bonchev–Trinajstić information content (AvgIpc) is 3.12. The topological polar surface area (TPSA) is 95.1 Å². The van der Waals surface area contributed by atoms with Crippen molar-refractivity contribution in [3.05, 3.63) is 48.9 Å². The number of nitrogens with two attached hydrogens (primary N) is 1. The van der Waals surface area contributed by atoms with E-state index in [4.69, 9.17) is 10.5 Å². The summed E-state index contributed by atoms with van der Waals surface area (Å²) in [5.74, 6) is 0.519. The predicted molar refractivity (Wildman–Crippen MR) is 123 cm³/mol. The third-order valence-corrected chi connectivity index (χ3v) is 5.94. The van der Waals surface area contributed by atoms with Gasteiger partial charge in [0.15, 0.2) is 0 Å². The molecule has 1 aliphatic carbocycles. The third-order valence-electron chi connectivity index (χ3n) is 5.94. The highest BCUT2D eigenvalue weighted by Gasteiger charge is 2.62. The Hall–Kier alpha value is -2.19. The number of rotatable bonds is 5. The normalized spacial score (nSPS) is 21.8. The molecule has 2 unspecified atom stereocenters. The summed E-state index contributed by atoms with van der Waals surface area (Å²) < 4.78 is 7.61. The minimum Gasteiger partial charge on any atom is -0.378 e. The van der Waals surface area contributed by atoms with E-state index in [1.807, 2.05) is 61.7 Å². The summed E-state index contributed by atoms with van der Waals surface area (Å²) in [6.07, 6.45) is 3.87. The molecule has 0 bridgehead atoms. The van der Waals surface area contributed by atoms with Gasteiger partial charge in [-0.25, -0.2) is 9.97 Å². The van der Waals surface area contributed by atoms with Crippen molar-refractivity contribution in [3.8, 4) is 5.82 Å². The van der Waals surface area contributed by atoms with Crippen LogP contribution in [0.4, 0.5) is 5.69 Å². The lowest BCUT2D eigenvalue weighted by atomic mass is 9.54. The zero-order chi connectivity index (χ0) is 19.9. The first kappa shape index (κ1) is 24.1. The molecule has 0 spiro atoms. The molecule has 0 saturated heterocycles. The number of nitrogens with one attached hydrogen (secondary N) is 1. The molecule has 1 saturated carbocycles. The second-order valence-electron chi connectivity index (χ2n) is 7.80. The molecule has 1 aromatic carbocycles. The molecule has 9 heteroatoms. The molecule has 1 amide bonds. The monoisotopic (exact) mass is 451 g/mol. The van der Waals surface area contributed by atoms with Crippen LogP contribution in [0.25, 0.3) is 16.9 Å². The fourth-order valence-corrected chi connectivity index (χ4v) is 3.81. The molecule has 1 aliphatic rings. The first-order valence-corrected chi connectivity index (χ1v) is 9.47. The fourth-order valence-electron chi connectivity index (χ4n) is 3.81. The SMILES string of the molecule is CCOC1CC(N)(C(=O)Nc2ccc(-n3cnc4ccccc43)nc2)C1(C)C.Cl.Cl. The van der Waals surface area contributed by atoms with Gasteiger partial charge < -0.3 is 15.8 Å². The van der Waals surface area contributed by atoms with Gasteiger partial charge in [0.2, 0.25) is 5.91 Å². The number of para-hydroxylation sites is 2. The van der Waals surface area contributed by atoms with Crippen LogP contribution in [0.1, 0.15) is 27.2 Å². The number of carbonyl (C=O) groups is 1. The van der Waals surface area contributed by atoms with Crippen LogP contribution in [0.3, 0.4) is 0 Å². The van der Waals surface area contributed by atoms with E-state index in [-0.39, 0.29) is 36.8 Å². The Morgan fingerprint density at radius 2 is 1.97 bits per heavy atom. The van der Waals surface area contributed by atoms with E-state index in [0.717, 1.165) is 16.9 Å². The number of carbonyl (C=O) groups excluding carboxylic acids is 1. The van der Waals surface area contributed by atoms with E-state index in [9.17, 15) is 4.79 Å². The van der Waals surface area contributed by atoms with Crippen molar-refractivity contribution in [2.24, 2.45) is 11.1 Å². The van der Waals surface area contributed by atoms with Crippen LogP contribution < -0.4 is 11.1 Å². The van der Waals surface area contributed by atoms with E-state index >= 15 is 0 Å². The Morgan fingerprint density at radius 3 is 2.60 bits per heavy atom. The number of nitrogens with zero attached hydrogens (tertiary/aromatic N) is 3. The van der Waals surface area contributed by atoms with Crippen LogP contribution in [-0.4, -0.2) is 38.7 Å². The maximum Gasteiger partial charge on any atom is 0.245 e. The molecule has 7 nitrogen and oxygen atoms in total. The van der Waals surface area contributed by atoms with Gasteiger partial charge >= 0.3 is 0 Å². The average molecular weight is 452 g/mol. The maximum atomic E-state index is 12.8. The first-order chi connectivity index (χ1) is 13.4. The summed E-state index contributed by atoms with van der Waals surface area (Å²) in [5, 5.41) is 2.91. The van der Waals surface area contributed by atoms with E-state index in [2.05, 4.69) is 15.3 Å². The largest absolute Gasteiger partial charge is 0.378 e. The predicted octanol–water partition coefficient (Wildman–Crippen LogP) is 3.74. The number of pyridine rings is 1. The molecule has 3 N–H and O–H groups in total. The van der Waals surface area contributed by atoms with Gasteiger partial charge in [0.1, 0.15) is 17.7 Å². The summed E-state index contributed by atoms with van der Waals surface area (Å²) >= 11 is 0. The molecule has 3 aromatic rings. The van der Waals surface area contributed by atoms with Crippen LogP contribution in [0, 0.1) is 5.41 Å². The second kappa shape index (κ2) is 8.89. The fraction of sp³-hybridized carbons (Fsp3) is 0.381. The highest BCUT2D eigenvalue weighted by Crippen LogP contribution is 2.50. The summed E-state index contributed by atoms with van der Waals surface area (Å²) in [7, 11) is 0. The number of benzene rings is 1. The van der Waals surface area contributed by atoms with Crippen molar-refractivity contribution in [3.63, 3.8) is 0 Å². The highest BCUT2D eigenvalue weighted by atomic mass is 35.5. The van der Waals surface area contributed by atoms with Gasteiger partial charge in [-0.05, 0) is 31.2 Å².